The maximum atomic E-state index is 9.54. The van der Waals surface area contributed by atoms with Crippen molar-refractivity contribution in [2.24, 2.45) is 0 Å². The summed E-state index contributed by atoms with van der Waals surface area (Å²) in [6, 6.07) is 1.83. The molecule has 94 valence electrons. The fraction of sp³-hybridized carbons (Fsp3) is 0.636. The Morgan fingerprint density at radius 2 is 2.41 bits per heavy atom. The van der Waals surface area contributed by atoms with Gasteiger partial charge in [-0.25, -0.2) is 4.98 Å². The van der Waals surface area contributed by atoms with Crippen LogP contribution >= 0.6 is 11.8 Å². The number of β-amino-alcohol motifs (C(OH)–C–C–N with tert-alkyl or cyclic N) is 1. The van der Waals surface area contributed by atoms with Crippen LogP contribution in [0, 0.1) is 0 Å². The van der Waals surface area contributed by atoms with E-state index in [4.69, 9.17) is 4.74 Å². The molecule has 0 amide bonds. The van der Waals surface area contributed by atoms with Gasteiger partial charge >= 0.3 is 0 Å². The first-order chi connectivity index (χ1) is 8.22. The second-order valence-electron chi connectivity index (χ2n) is 3.87. The fourth-order valence-corrected chi connectivity index (χ4v) is 2.18. The average molecular weight is 255 g/mol. The number of aromatic nitrogens is 2. The van der Waals surface area contributed by atoms with Gasteiger partial charge in [-0.15, -0.1) is 0 Å². The van der Waals surface area contributed by atoms with Gasteiger partial charge in [0.1, 0.15) is 5.82 Å². The molecule has 0 aliphatic carbocycles. The van der Waals surface area contributed by atoms with Crippen LogP contribution < -0.4 is 9.64 Å². The van der Waals surface area contributed by atoms with Crippen LogP contribution in [-0.4, -0.2) is 47.1 Å². The molecule has 1 N–H and O–H groups in total. The number of anilines is 1. The molecule has 0 radical (unpaired) electrons. The molecule has 5 nitrogen and oxygen atoms in total. The number of aliphatic hydroxyl groups excluding tert-OH is 1. The van der Waals surface area contributed by atoms with E-state index >= 15 is 0 Å². The molecule has 0 bridgehead atoms. The van der Waals surface area contributed by atoms with E-state index in [-0.39, 0.29) is 6.10 Å². The summed E-state index contributed by atoms with van der Waals surface area (Å²) in [6.45, 7) is 3.99. The fourth-order valence-electron chi connectivity index (χ4n) is 1.82. The Kier molecular flexibility index (Phi) is 4.06. The smallest absolute Gasteiger partial charge is 0.219 e. The number of hydrogen-bond acceptors (Lipinski definition) is 6. The first-order valence-electron chi connectivity index (χ1n) is 5.71. The predicted molar refractivity (Wildman–Crippen MR) is 67.8 cm³/mol. The van der Waals surface area contributed by atoms with Crippen LogP contribution in [0.3, 0.4) is 0 Å². The summed E-state index contributed by atoms with van der Waals surface area (Å²) in [5, 5.41) is 10.2. The molecule has 0 aromatic carbocycles. The molecule has 1 atom stereocenters. The highest BCUT2D eigenvalue weighted by Crippen LogP contribution is 2.24. The Hall–Kier alpha value is -1.01. The van der Waals surface area contributed by atoms with Gasteiger partial charge in [-0.2, -0.15) is 4.98 Å². The first kappa shape index (κ1) is 12.4. The highest BCUT2D eigenvalue weighted by atomic mass is 32.2. The van der Waals surface area contributed by atoms with E-state index in [1.165, 1.54) is 11.8 Å². The summed E-state index contributed by atoms with van der Waals surface area (Å²) in [5.41, 5.74) is 0. The maximum Gasteiger partial charge on any atom is 0.219 e. The van der Waals surface area contributed by atoms with Crippen molar-refractivity contribution >= 4 is 17.6 Å². The summed E-state index contributed by atoms with van der Waals surface area (Å²) in [6.07, 6.45) is 2.48. The first-order valence-corrected chi connectivity index (χ1v) is 6.94. The van der Waals surface area contributed by atoms with Crippen molar-refractivity contribution in [3.63, 3.8) is 0 Å². The second-order valence-corrected chi connectivity index (χ2v) is 4.65. The third-order valence-corrected chi connectivity index (χ3v) is 3.18. The van der Waals surface area contributed by atoms with E-state index in [1.54, 1.807) is 0 Å². The van der Waals surface area contributed by atoms with Crippen molar-refractivity contribution in [2.75, 3.05) is 30.9 Å². The van der Waals surface area contributed by atoms with E-state index < -0.39 is 0 Å². The minimum absolute atomic E-state index is 0.252. The lowest BCUT2D eigenvalue weighted by atomic mass is 10.3. The van der Waals surface area contributed by atoms with Gasteiger partial charge in [0.25, 0.3) is 0 Å². The zero-order valence-corrected chi connectivity index (χ0v) is 10.9. The van der Waals surface area contributed by atoms with Crippen LogP contribution in [0.25, 0.3) is 0 Å². The van der Waals surface area contributed by atoms with Crippen LogP contribution in [0.1, 0.15) is 13.3 Å². The average Bonchev–Trinajstić information content (AvgIpc) is 2.76. The van der Waals surface area contributed by atoms with Crippen LogP contribution in [0.5, 0.6) is 5.88 Å². The van der Waals surface area contributed by atoms with Gasteiger partial charge in [-0.05, 0) is 19.6 Å². The van der Waals surface area contributed by atoms with Gasteiger partial charge in [0, 0.05) is 19.2 Å². The lowest BCUT2D eigenvalue weighted by Gasteiger charge is -2.17. The topological polar surface area (TPSA) is 58.5 Å². The highest BCUT2D eigenvalue weighted by molar-refractivity contribution is 7.98. The Bertz CT molecular complexity index is 389. The largest absolute Gasteiger partial charge is 0.478 e. The molecule has 0 spiro atoms. The Labute approximate surface area is 105 Å². The number of thioether (sulfide) groups is 1. The Morgan fingerprint density at radius 1 is 1.59 bits per heavy atom. The monoisotopic (exact) mass is 255 g/mol. The lowest BCUT2D eigenvalue weighted by Crippen LogP contribution is -2.22. The van der Waals surface area contributed by atoms with Crippen LogP contribution in [-0.2, 0) is 0 Å². The Morgan fingerprint density at radius 3 is 3.00 bits per heavy atom. The summed E-state index contributed by atoms with van der Waals surface area (Å²) >= 11 is 1.49. The normalized spacial score (nSPS) is 19.7. The number of rotatable bonds is 4. The summed E-state index contributed by atoms with van der Waals surface area (Å²) in [4.78, 5) is 10.8. The Balaban J connectivity index is 2.23. The molecule has 0 saturated carbocycles. The summed E-state index contributed by atoms with van der Waals surface area (Å²) in [7, 11) is 0. The molecule has 2 rings (SSSR count). The molecule has 2 heterocycles. The van der Waals surface area contributed by atoms with Gasteiger partial charge in [-0.1, -0.05) is 11.8 Å². The number of hydrogen-bond donors (Lipinski definition) is 1. The van der Waals surface area contributed by atoms with Crippen molar-refractivity contribution in [1.82, 2.24) is 9.97 Å². The zero-order valence-electron chi connectivity index (χ0n) is 10.1. The van der Waals surface area contributed by atoms with E-state index in [2.05, 4.69) is 14.9 Å². The van der Waals surface area contributed by atoms with E-state index in [9.17, 15) is 5.11 Å². The van der Waals surface area contributed by atoms with Crippen LogP contribution in [0.2, 0.25) is 0 Å². The standard InChI is InChI=1S/C11H17N3O2S/c1-3-16-10-6-9(12-11(13-10)17-2)14-5-4-8(15)7-14/h6,8,15H,3-5,7H2,1-2H3. The van der Waals surface area contributed by atoms with Crippen molar-refractivity contribution in [3.8, 4) is 5.88 Å². The molecular formula is C11H17N3O2S. The third kappa shape index (κ3) is 3.01. The van der Waals surface area contributed by atoms with Crippen LogP contribution in [0.15, 0.2) is 11.2 Å². The summed E-state index contributed by atoms with van der Waals surface area (Å²) in [5.74, 6) is 1.44. The lowest BCUT2D eigenvalue weighted by molar-refractivity contribution is 0.198. The maximum absolute atomic E-state index is 9.54. The molecule has 1 aliphatic heterocycles. The third-order valence-electron chi connectivity index (χ3n) is 2.63. The van der Waals surface area contributed by atoms with Gasteiger partial charge in [0.15, 0.2) is 5.16 Å². The molecule has 1 aromatic heterocycles. The van der Waals surface area contributed by atoms with Gasteiger partial charge < -0.3 is 14.7 Å². The molecule has 6 heteroatoms. The number of aliphatic hydroxyl groups is 1. The van der Waals surface area contributed by atoms with E-state index in [1.807, 2.05) is 19.2 Å². The van der Waals surface area contributed by atoms with Crippen molar-refractivity contribution in [2.45, 2.75) is 24.6 Å². The number of ether oxygens (including phenoxy) is 1. The predicted octanol–water partition coefficient (Wildman–Crippen LogP) is 1.17. The van der Waals surface area contributed by atoms with Crippen LogP contribution in [0.4, 0.5) is 5.82 Å². The minimum Gasteiger partial charge on any atom is -0.478 e. The van der Waals surface area contributed by atoms with Gasteiger partial charge in [0.2, 0.25) is 5.88 Å². The second kappa shape index (κ2) is 5.55. The van der Waals surface area contributed by atoms with E-state index in [0.29, 0.717) is 24.2 Å². The molecule has 1 aromatic rings. The minimum atomic E-state index is -0.252. The molecule has 1 aliphatic rings. The molecule has 17 heavy (non-hydrogen) atoms. The molecular weight excluding hydrogens is 238 g/mol. The van der Waals surface area contributed by atoms with Crippen molar-refractivity contribution in [1.29, 1.82) is 0 Å². The molecule has 1 saturated heterocycles. The van der Waals surface area contributed by atoms with Gasteiger partial charge in [-0.3, -0.25) is 0 Å². The summed E-state index contributed by atoms with van der Waals surface area (Å²) < 4.78 is 5.42. The number of nitrogens with zero attached hydrogens (tertiary/aromatic N) is 3. The SMILES string of the molecule is CCOc1cc(N2CCC(O)C2)nc(SC)n1. The highest BCUT2D eigenvalue weighted by Gasteiger charge is 2.22. The molecule has 1 fully saturated rings. The zero-order chi connectivity index (χ0) is 12.3. The van der Waals surface area contributed by atoms with Crippen molar-refractivity contribution in [3.05, 3.63) is 6.07 Å². The molecule has 1 unspecified atom stereocenters. The van der Waals surface area contributed by atoms with Gasteiger partial charge in [0.05, 0.1) is 12.7 Å². The quantitative estimate of drug-likeness (QED) is 0.644. The van der Waals surface area contributed by atoms with E-state index in [0.717, 1.165) is 18.8 Å². The van der Waals surface area contributed by atoms with Crippen molar-refractivity contribution < 1.29 is 9.84 Å².